The number of nitrogens with one attached hydrogen (secondary N) is 1. The van der Waals surface area contributed by atoms with Gasteiger partial charge in [0.1, 0.15) is 11.9 Å². The van der Waals surface area contributed by atoms with Gasteiger partial charge in [-0.25, -0.2) is 4.98 Å². The number of hydrogen-bond acceptors (Lipinski definition) is 6. The zero-order chi connectivity index (χ0) is 23.8. The van der Waals surface area contributed by atoms with Gasteiger partial charge in [0.15, 0.2) is 5.65 Å². The number of piperidine rings is 1. The minimum Gasteiger partial charge on any atom is -0.481 e. The smallest absolute Gasteiger partial charge is 0.306 e. The quantitative estimate of drug-likeness (QED) is 0.501. The molecule has 0 radical (unpaired) electrons. The van der Waals surface area contributed by atoms with Gasteiger partial charge in [-0.2, -0.15) is 4.98 Å². The van der Waals surface area contributed by atoms with Gasteiger partial charge < -0.3 is 24.5 Å². The van der Waals surface area contributed by atoms with Crippen LogP contribution in [-0.2, 0) is 9.59 Å². The normalized spacial score (nSPS) is 20.8. The van der Waals surface area contributed by atoms with Crippen LogP contribution in [-0.4, -0.2) is 51.0 Å². The first-order valence-electron chi connectivity index (χ1n) is 11.7. The second kappa shape index (κ2) is 9.25. The molecule has 2 aliphatic rings. The molecule has 0 unspecified atom stereocenters. The number of carboxylic acid groups (broad SMARTS) is 1. The molecular weight excluding hydrogens is 456 g/mol. The number of halogens is 1. The number of ketones is 1. The highest BCUT2D eigenvalue weighted by Gasteiger charge is 2.36. The Bertz CT molecular complexity index is 1210. The van der Waals surface area contributed by atoms with Gasteiger partial charge in [0.25, 0.3) is 6.01 Å². The first-order chi connectivity index (χ1) is 16.4. The number of Topliss-reactive ketones (excluding diaryl/α,β-unsaturated/α-hetero) is 1. The van der Waals surface area contributed by atoms with Crippen molar-refractivity contribution in [2.75, 3.05) is 18.0 Å². The van der Waals surface area contributed by atoms with Crippen molar-refractivity contribution in [2.45, 2.75) is 45.1 Å². The first kappa shape index (κ1) is 22.7. The molecular formula is C25H27ClN4O4. The van der Waals surface area contributed by atoms with Gasteiger partial charge >= 0.3 is 5.97 Å². The molecule has 5 rings (SSSR count). The van der Waals surface area contributed by atoms with Gasteiger partial charge in [0.2, 0.25) is 0 Å². The van der Waals surface area contributed by atoms with Crippen LogP contribution in [0.2, 0.25) is 5.02 Å². The number of nitrogens with zero attached hydrogens (tertiary/aromatic N) is 3. The summed E-state index contributed by atoms with van der Waals surface area (Å²) in [5.41, 5.74) is 3.87. The maximum atomic E-state index is 11.4. The zero-order valence-electron chi connectivity index (χ0n) is 19.0. The molecule has 1 saturated carbocycles. The fraction of sp³-hybridized carbons (Fsp3) is 0.440. The standard InChI is InChI=1S/C25H27ClN4O4/c1-14(31)10-15-6-8-30(9-7-15)18-4-2-16(3-5-18)22-20(26)13-21-23(28-22)29-25(27-21)34-19-11-17(12-19)24(32)33/h2-5,13,15,17,19H,6-12H2,1H3,(H,32,33)(H,27,28,29). The number of ether oxygens (including phenoxy) is 1. The maximum Gasteiger partial charge on any atom is 0.306 e. The molecule has 1 aromatic carbocycles. The van der Waals surface area contributed by atoms with E-state index in [4.69, 9.17) is 21.4 Å². The molecule has 3 aromatic rings. The minimum atomic E-state index is -0.786. The highest BCUT2D eigenvalue weighted by atomic mass is 35.5. The van der Waals surface area contributed by atoms with E-state index in [2.05, 4.69) is 32.0 Å². The van der Waals surface area contributed by atoms with E-state index in [0.29, 0.717) is 53.1 Å². The number of imidazole rings is 1. The predicted molar refractivity (Wildman–Crippen MR) is 129 cm³/mol. The second-order valence-electron chi connectivity index (χ2n) is 9.36. The van der Waals surface area contributed by atoms with Crippen molar-refractivity contribution >= 4 is 40.2 Å². The van der Waals surface area contributed by atoms with Crippen LogP contribution < -0.4 is 9.64 Å². The molecule has 0 atom stereocenters. The number of carboxylic acids is 1. The number of anilines is 1. The lowest BCUT2D eigenvalue weighted by Crippen LogP contribution is -2.38. The number of aliphatic carboxylic acids is 1. The summed E-state index contributed by atoms with van der Waals surface area (Å²) in [5.74, 6) is -0.363. The van der Waals surface area contributed by atoms with Gasteiger partial charge in [-0.3, -0.25) is 4.79 Å². The number of hydrogen-bond donors (Lipinski definition) is 2. The molecule has 8 nitrogen and oxygen atoms in total. The fourth-order valence-electron chi connectivity index (χ4n) is 4.81. The Kier molecular flexibility index (Phi) is 6.16. The summed E-state index contributed by atoms with van der Waals surface area (Å²) in [6, 6.07) is 10.3. The molecule has 1 aliphatic carbocycles. The van der Waals surface area contributed by atoms with Crippen molar-refractivity contribution < 1.29 is 19.4 Å². The van der Waals surface area contributed by atoms with E-state index >= 15 is 0 Å². The Balaban J connectivity index is 1.27. The number of carbonyl (C=O) groups excluding carboxylic acids is 1. The number of aromatic nitrogens is 3. The largest absolute Gasteiger partial charge is 0.481 e. The molecule has 0 bridgehead atoms. The highest BCUT2D eigenvalue weighted by Crippen LogP contribution is 2.34. The van der Waals surface area contributed by atoms with Crippen LogP contribution in [0.3, 0.4) is 0 Å². The van der Waals surface area contributed by atoms with Crippen LogP contribution in [0.15, 0.2) is 30.3 Å². The van der Waals surface area contributed by atoms with Crippen molar-refractivity contribution in [1.29, 1.82) is 0 Å². The van der Waals surface area contributed by atoms with E-state index in [9.17, 15) is 9.59 Å². The Morgan fingerprint density at radius 3 is 2.53 bits per heavy atom. The Hall–Kier alpha value is -3.13. The van der Waals surface area contributed by atoms with E-state index in [0.717, 1.165) is 37.2 Å². The van der Waals surface area contributed by atoms with Gasteiger partial charge in [0, 0.05) is 30.8 Å². The van der Waals surface area contributed by atoms with Crippen LogP contribution in [0, 0.1) is 11.8 Å². The van der Waals surface area contributed by atoms with Crippen molar-refractivity contribution in [1.82, 2.24) is 15.0 Å². The third-order valence-electron chi connectivity index (χ3n) is 6.82. The molecule has 0 spiro atoms. The Morgan fingerprint density at radius 1 is 1.18 bits per heavy atom. The van der Waals surface area contributed by atoms with Crippen LogP contribution in [0.5, 0.6) is 6.01 Å². The van der Waals surface area contributed by atoms with E-state index in [1.165, 1.54) is 0 Å². The van der Waals surface area contributed by atoms with E-state index in [1.807, 2.05) is 12.1 Å². The molecule has 0 amide bonds. The van der Waals surface area contributed by atoms with E-state index in [-0.39, 0.29) is 17.8 Å². The van der Waals surface area contributed by atoms with Gasteiger partial charge in [-0.15, -0.1) is 0 Å². The van der Waals surface area contributed by atoms with Crippen LogP contribution in [0.1, 0.15) is 39.0 Å². The van der Waals surface area contributed by atoms with Gasteiger partial charge in [-0.05, 0) is 56.7 Å². The average Bonchev–Trinajstić information content (AvgIpc) is 3.16. The highest BCUT2D eigenvalue weighted by molar-refractivity contribution is 6.33. The second-order valence-corrected chi connectivity index (χ2v) is 9.77. The van der Waals surface area contributed by atoms with Crippen molar-refractivity contribution in [3.05, 3.63) is 35.4 Å². The lowest BCUT2D eigenvalue weighted by molar-refractivity contribution is -0.148. The number of rotatable bonds is 7. The molecule has 1 saturated heterocycles. The lowest BCUT2D eigenvalue weighted by atomic mass is 9.82. The summed E-state index contributed by atoms with van der Waals surface area (Å²) >= 11 is 6.54. The lowest BCUT2D eigenvalue weighted by Gasteiger charge is -2.33. The molecule has 2 N–H and O–H groups in total. The summed E-state index contributed by atoms with van der Waals surface area (Å²) in [6.45, 7) is 3.57. The van der Waals surface area contributed by atoms with Crippen LogP contribution in [0.25, 0.3) is 22.4 Å². The molecule has 2 aromatic heterocycles. The molecule has 9 heteroatoms. The van der Waals surface area contributed by atoms with Gasteiger partial charge in [0.05, 0.1) is 22.2 Å². The summed E-state index contributed by atoms with van der Waals surface area (Å²) in [6.07, 6.45) is 3.55. The molecule has 178 valence electrons. The van der Waals surface area contributed by atoms with E-state index in [1.54, 1.807) is 13.0 Å². The summed E-state index contributed by atoms with van der Waals surface area (Å²) in [4.78, 5) is 36.8. The topological polar surface area (TPSA) is 108 Å². The van der Waals surface area contributed by atoms with Crippen molar-refractivity contribution in [3.63, 3.8) is 0 Å². The summed E-state index contributed by atoms with van der Waals surface area (Å²) < 4.78 is 5.78. The average molecular weight is 483 g/mol. The Labute approximate surface area is 202 Å². The number of fused-ring (bicyclic) bond motifs is 1. The number of carbonyl (C=O) groups is 2. The number of pyridine rings is 1. The third-order valence-corrected chi connectivity index (χ3v) is 7.11. The SMILES string of the molecule is CC(=O)CC1CCN(c2ccc(-c3nc4nc(OC5CC(C(=O)O)C5)[nH]c4cc3Cl)cc2)CC1. The van der Waals surface area contributed by atoms with Crippen LogP contribution >= 0.6 is 11.6 Å². The summed E-state index contributed by atoms with van der Waals surface area (Å²) in [5, 5.41) is 9.52. The van der Waals surface area contributed by atoms with Crippen LogP contribution in [0.4, 0.5) is 5.69 Å². The minimum absolute atomic E-state index is 0.156. The fourth-order valence-corrected chi connectivity index (χ4v) is 5.07. The molecule has 34 heavy (non-hydrogen) atoms. The van der Waals surface area contributed by atoms with Crippen molar-refractivity contribution in [2.24, 2.45) is 11.8 Å². The monoisotopic (exact) mass is 482 g/mol. The zero-order valence-corrected chi connectivity index (χ0v) is 19.7. The number of benzene rings is 1. The Morgan fingerprint density at radius 2 is 1.88 bits per heavy atom. The number of H-pyrrole nitrogens is 1. The summed E-state index contributed by atoms with van der Waals surface area (Å²) in [7, 11) is 0. The number of aromatic amines is 1. The van der Waals surface area contributed by atoms with Gasteiger partial charge in [-0.1, -0.05) is 23.7 Å². The predicted octanol–water partition coefficient (Wildman–Crippen LogP) is 4.72. The third kappa shape index (κ3) is 4.73. The van der Waals surface area contributed by atoms with Crippen molar-refractivity contribution in [3.8, 4) is 17.3 Å². The molecule has 3 heterocycles. The molecule has 1 aliphatic heterocycles. The first-order valence-corrected chi connectivity index (χ1v) is 12.0. The molecule has 2 fully saturated rings. The van der Waals surface area contributed by atoms with E-state index < -0.39 is 5.97 Å². The maximum absolute atomic E-state index is 11.4.